The third kappa shape index (κ3) is 4.58. The Bertz CT molecular complexity index is 601. The number of nitrogens with zero attached hydrogens (tertiary/aromatic N) is 1. The molecule has 0 saturated heterocycles. The number of nitriles is 1. The van der Waals surface area contributed by atoms with Crippen LogP contribution in [0.2, 0.25) is 0 Å². The summed E-state index contributed by atoms with van der Waals surface area (Å²) in [5.41, 5.74) is 0.0805. The highest BCUT2D eigenvalue weighted by molar-refractivity contribution is 5.84. The van der Waals surface area contributed by atoms with Gasteiger partial charge < -0.3 is 10.1 Å². The zero-order chi connectivity index (χ0) is 17.4. The molecule has 0 radical (unpaired) electrons. The Morgan fingerprint density at radius 3 is 2.50 bits per heavy atom. The number of rotatable bonds is 6. The summed E-state index contributed by atoms with van der Waals surface area (Å²) in [5.74, 6) is -1.19. The average Bonchev–Trinajstić information content (AvgIpc) is 2.62. The summed E-state index contributed by atoms with van der Waals surface area (Å²) in [4.78, 5) is 24.3. The average molecular weight is 328 g/mol. The summed E-state index contributed by atoms with van der Waals surface area (Å²) in [7, 11) is 0. The molecular formula is C19H24N2O3. The summed E-state index contributed by atoms with van der Waals surface area (Å²) >= 11 is 0. The number of ether oxygens (including phenoxy) is 1. The van der Waals surface area contributed by atoms with Gasteiger partial charge in [0.25, 0.3) is 5.91 Å². The van der Waals surface area contributed by atoms with Gasteiger partial charge in [0.05, 0.1) is 12.0 Å². The lowest BCUT2D eigenvalue weighted by Gasteiger charge is -2.31. The Kier molecular flexibility index (Phi) is 6.36. The molecule has 24 heavy (non-hydrogen) atoms. The fourth-order valence-electron chi connectivity index (χ4n) is 3.18. The molecule has 1 N–H and O–H groups in total. The van der Waals surface area contributed by atoms with E-state index in [0.29, 0.717) is 19.3 Å². The van der Waals surface area contributed by atoms with Gasteiger partial charge in [0.2, 0.25) is 0 Å². The first kappa shape index (κ1) is 18.0. The zero-order valence-electron chi connectivity index (χ0n) is 14.1. The van der Waals surface area contributed by atoms with Crippen LogP contribution in [0.1, 0.15) is 56.9 Å². The van der Waals surface area contributed by atoms with Gasteiger partial charge in [-0.1, -0.05) is 56.5 Å². The number of hydrogen-bond acceptors (Lipinski definition) is 4. The van der Waals surface area contributed by atoms with E-state index in [9.17, 15) is 14.9 Å². The van der Waals surface area contributed by atoms with Crippen molar-refractivity contribution in [3.8, 4) is 6.07 Å². The van der Waals surface area contributed by atoms with E-state index in [4.69, 9.17) is 4.74 Å². The standard InChI is InChI=1S/C19H24N2O3/c1-2-16(15-9-5-3-6-10-15)18(23)24-13-17(22)21-19(14-20)11-7-4-8-12-19/h3,5-6,9-10,16H,2,4,7-8,11-13H2,1H3,(H,21,22)/t16-/m0/s1. The highest BCUT2D eigenvalue weighted by atomic mass is 16.5. The molecule has 1 fully saturated rings. The minimum absolute atomic E-state index is 0.342. The summed E-state index contributed by atoms with van der Waals surface area (Å²) in [6.07, 6.45) is 4.87. The van der Waals surface area contributed by atoms with Crippen LogP contribution in [0, 0.1) is 11.3 Å². The summed E-state index contributed by atoms with van der Waals surface area (Å²) in [6.45, 7) is 1.57. The number of amides is 1. The minimum Gasteiger partial charge on any atom is -0.455 e. The van der Waals surface area contributed by atoms with Gasteiger partial charge in [-0.2, -0.15) is 5.26 Å². The quantitative estimate of drug-likeness (QED) is 0.814. The number of hydrogen-bond donors (Lipinski definition) is 1. The van der Waals surface area contributed by atoms with Gasteiger partial charge in [0.1, 0.15) is 5.54 Å². The highest BCUT2D eigenvalue weighted by Crippen LogP contribution is 2.27. The fraction of sp³-hybridized carbons (Fsp3) is 0.526. The topological polar surface area (TPSA) is 79.2 Å². The van der Waals surface area contributed by atoms with Crippen LogP contribution in [0.25, 0.3) is 0 Å². The second-order valence-electron chi connectivity index (χ2n) is 6.28. The molecule has 1 saturated carbocycles. The Labute approximate surface area is 143 Å². The predicted molar refractivity (Wildman–Crippen MR) is 90.0 cm³/mol. The second kappa shape index (κ2) is 8.49. The third-order valence-corrected chi connectivity index (χ3v) is 4.54. The van der Waals surface area contributed by atoms with Crippen molar-refractivity contribution in [2.75, 3.05) is 6.61 Å². The van der Waals surface area contributed by atoms with E-state index in [2.05, 4.69) is 11.4 Å². The van der Waals surface area contributed by atoms with Gasteiger partial charge in [-0.3, -0.25) is 9.59 Å². The molecule has 0 aliphatic heterocycles. The lowest BCUT2D eigenvalue weighted by molar-refractivity contribution is -0.150. The molecule has 1 atom stereocenters. The predicted octanol–water partition coefficient (Wildman–Crippen LogP) is 3.07. The normalized spacial score (nSPS) is 17.3. The van der Waals surface area contributed by atoms with E-state index in [-0.39, 0.29) is 12.5 Å². The van der Waals surface area contributed by atoms with Gasteiger partial charge in [-0.15, -0.1) is 0 Å². The van der Waals surface area contributed by atoms with Crippen LogP contribution in [-0.4, -0.2) is 24.0 Å². The maximum atomic E-state index is 12.3. The van der Waals surface area contributed by atoms with E-state index >= 15 is 0 Å². The van der Waals surface area contributed by atoms with E-state index in [1.807, 2.05) is 37.3 Å². The molecule has 5 heteroatoms. The van der Waals surface area contributed by atoms with Crippen molar-refractivity contribution in [2.45, 2.75) is 56.9 Å². The summed E-state index contributed by atoms with van der Waals surface area (Å²) < 4.78 is 5.18. The zero-order valence-corrected chi connectivity index (χ0v) is 14.1. The van der Waals surface area contributed by atoms with Crippen molar-refractivity contribution in [2.24, 2.45) is 0 Å². The van der Waals surface area contributed by atoms with Crippen LogP contribution >= 0.6 is 0 Å². The molecule has 1 aromatic rings. The molecular weight excluding hydrogens is 304 g/mol. The Morgan fingerprint density at radius 1 is 1.25 bits per heavy atom. The molecule has 1 aliphatic carbocycles. The van der Waals surface area contributed by atoms with Crippen molar-refractivity contribution in [1.29, 1.82) is 5.26 Å². The van der Waals surface area contributed by atoms with Gasteiger partial charge in [-0.05, 0) is 24.8 Å². The lowest BCUT2D eigenvalue weighted by Crippen LogP contribution is -2.50. The van der Waals surface area contributed by atoms with Crippen molar-refractivity contribution in [3.63, 3.8) is 0 Å². The molecule has 1 aromatic carbocycles. The van der Waals surface area contributed by atoms with E-state index in [1.165, 1.54) is 0 Å². The van der Waals surface area contributed by atoms with Crippen molar-refractivity contribution >= 4 is 11.9 Å². The van der Waals surface area contributed by atoms with E-state index in [0.717, 1.165) is 24.8 Å². The molecule has 1 amide bonds. The van der Waals surface area contributed by atoms with Crippen molar-refractivity contribution in [1.82, 2.24) is 5.32 Å². The molecule has 1 aliphatic rings. The van der Waals surface area contributed by atoms with Crippen LogP contribution in [0.15, 0.2) is 30.3 Å². The third-order valence-electron chi connectivity index (χ3n) is 4.54. The number of esters is 1. The molecule has 0 heterocycles. The number of carbonyl (C=O) groups is 2. The fourth-order valence-corrected chi connectivity index (χ4v) is 3.18. The van der Waals surface area contributed by atoms with E-state index < -0.39 is 17.4 Å². The summed E-state index contributed by atoms with van der Waals surface area (Å²) in [5, 5.41) is 12.1. The van der Waals surface area contributed by atoms with Crippen molar-refractivity contribution in [3.05, 3.63) is 35.9 Å². The van der Waals surface area contributed by atoms with Crippen LogP contribution in [0.5, 0.6) is 0 Å². The largest absolute Gasteiger partial charge is 0.455 e. The Morgan fingerprint density at radius 2 is 1.92 bits per heavy atom. The number of benzene rings is 1. The maximum absolute atomic E-state index is 12.3. The second-order valence-corrected chi connectivity index (χ2v) is 6.28. The molecule has 0 aromatic heterocycles. The monoisotopic (exact) mass is 328 g/mol. The molecule has 5 nitrogen and oxygen atoms in total. The highest BCUT2D eigenvalue weighted by Gasteiger charge is 2.33. The van der Waals surface area contributed by atoms with Gasteiger partial charge in [-0.25, -0.2) is 0 Å². The molecule has 0 bridgehead atoms. The lowest BCUT2D eigenvalue weighted by atomic mass is 9.83. The van der Waals surface area contributed by atoms with Gasteiger partial charge in [0.15, 0.2) is 6.61 Å². The van der Waals surface area contributed by atoms with Gasteiger partial charge in [0, 0.05) is 0 Å². The Hall–Kier alpha value is -2.35. The van der Waals surface area contributed by atoms with E-state index in [1.54, 1.807) is 0 Å². The maximum Gasteiger partial charge on any atom is 0.313 e. The van der Waals surface area contributed by atoms with Crippen LogP contribution in [0.4, 0.5) is 0 Å². The van der Waals surface area contributed by atoms with Crippen LogP contribution in [0.3, 0.4) is 0 Å². The van der Waals surface area contributed by atoms with Crippen LogP contribution < -0.4 is 5.32 Å². The Balaban J connectivity index is 1.88. The first-order valence-electron chi connectivity index (χ1n) is 8.54. The molecule has 2 rings (SSSR count). The first-order chi connectivity index (χ1) is 11.6. The first-order valence-corrected chi connectivity index (χ1v) is 8.54. The smallest absolute Gasteiger partial charge is 0.313 e. The molecule has 0 spiro atoms. The SMILES string of the molecule is CC[C@H](C(=O)OCC(=O)NC1(C#N)CCCCC1)c1ccccc1. The van der Waals surface area contributed by atoms with Crippen molar-refractivity contribution < 1.29 is 14.3 Å². The number of nitrogens with one attached hydrogen (secondary N) is 1. The molecule has 128 valence electrons. The summed E-state index contributed by atoms with van der Waals surface area (Å²) in [6, 6.07) is 11.6. The van der Waals surface area contributed by atoms with Gasteiger partial charge >= 0.3 is 5.97 Å². The number of carbonyl (C=O) groups excluding carboxylic acids is 2. The minimum atomic E-state index is -0.800. The molecule has 0 unspecified atom stereocenters. The van der Waals surface area contributed by atoms with Crippen LogP contribution in [-0.2, 0) is 14.3 Å².